The van der Waals surface area contributed by atoms with Gasteiger partial charge >= 0.3 is 5.97 Å². The number of hydrogen-bond donors (Lipinski definition) is 1. The Hall–Kier alpha value is -1.84. The van der Waals surface area contributed by atoms with Crippen molar-refractivity contribution in [2.45, 2.75) is 26.8 Å². The molecule has 1 amide bonds. The van der Waals surface area contributed by atoms with Gasteiger partial charge in [-0.3, -0.25) is 4.79 Å². The summed E-state index contributed by atoms with van der Waals surface area (Å²) in [6, 6.07) is 8.28. The van der Waals surface area contributed by atoms with Crippen molar-refractivity contribution in [3.8, 4) is 0 Å². The lowest BCUT2D eigenvalue weighted by Crippen LogP contribution is -2.40. The van der Waals surface area contributed by atoms with E-state index in [0.717, 1.165) is 0 Å². The molecule has 1 rings (SSSR count). The molecular weight excluding hydrogens is 230 g/mol. The van der Waals surface area contributed by atoms with Crippen LogP contribution in [0.4, 0.5) is 0 Å². The number of carbonyl (C=O) groups is 2. The lowest BCUT2D eigenvalue weighted by molar-refractivity contribution is -0.146. The predicted molar refractivity (Wildman–Crippen MR) is 68.8 cm³/mol. The highest BCUT2D eigenvalue weighted by Gasteiger charge is 2.28. The van der Waals surface area contributed by atoms with E-state index in [1.54, 1.807) is 32.9 Å². The molecule has 0 aliphatic carbocycles. The summed E-state index contributed by atoms with van der Waals surface area (Å²) in [5, 5.41) is 2.71. The normalized spacial score (nSPS) is 12.7. The molecule has 98 valence electrons. The second-order valence-corrected chi connectivity index (χ2v) is 5.09. The summed E-state index contributed by atoms with van der Waals surface area (Å²) in [7, 11) is 1.31. The largest absolute Gasteiger partial charge is 0.467 e. The SMILES string of the molecule is COC(=O)[C@@H](NC(=O)C(C)(C)C)c1ccccc1. The number of rotatable bonds is 3. The maximum absolute atomic E-state index is 11.9. The zero-order valence-electron chi connectivity index (χ0n) is 11.2. The fourth-order valence-electron chi connectivity index (χ4n) is 1.39. The van der Waals surface area contributed by atoms with Crippen LogP contribution in [0.25, 0.3) is 0 Å². The van der Waals surface area contributed by atoms with Crippen LogP contribution in [0.5, 0.6) is 0 Å². The molecule has 0 bridgehead atoms. The molecule has 0 aromatic heterocycles. The average molecular weight is 249 g/mol. The third kappa shape index (κ3) is 3.58. The Balaban J connectivity index is 2.95. The fraction of sp³-hybridized carbons (Fsp3) is 0.429. The average Bonchev–Trinajstić information content (AvgIpc) is 2.34. The van der Waals surface area contributed by atoms with E-state index < -0.39 is 17.4 Å². The second kappa shape index (κ2) is 5.67. The standard InChI is InChI=1S/C14H19NO3/c1-14(2,3)13(17)15-11(12(16)18-4)10-8-6-5-7-9-10/h5-9,11H,1-4H3,(H,15,17)/t11-/m0/s1. The molecule has 1 atom stereocenters. The lowest BCUT2D eigenvalue weighted by atomic mass is 9.94. The maximum Gasteiger partial charge on any atom is 0.333 e. The van der Waals surface area contributed by atoms with E-state index in [1.807, 2.05) is 18.2 Å². The highest BCUT2D eigenvalue weighted by atomic mass is 16.5. The summed E-state index contributed by atoms with van der Waals surface area (Å²) in [6.45, 7) is 5.38. The number of hydrogen-bond acceptors (Lipinski definition) is 3. The van der Waals surface area contributed by atoms with Crippen molar-refractivity contribution in [2.75, 3.05) is 7.11 Å². The first kappa shape index (κ1) is 14.2. The van der Waals surface area contributed by atoms with Crippen molar-refractivity contribution in [3.05, 3.63) is 35.9 Å². The summed E-state index contributed by atoms with van der Waals surface area (Å²) in [5.74, 6) is -0.666. The quantitative estimate of drug-likeness (QED) is 0.834. The Bertz CT molecular complexity index is 420. The first-order chi connectivity index (χ1) is 8.36. The third-order valence-electron chi connectivity index (χ3n) is 2.53. The summed E-state index contributed by atoms with van der Waals surface area (Å²) in [5.41, 5.74) is 0.156. The molecule has 4 nitrogen and oxygen atoms in total. The Morgan fingerprint density at radius 2 is 1.72 bits per heavy atom. The van der Waals surface area contributed by atoms with Crippen LogP contribution in [0.1, 0.15) is 32.4 Å². The van der Waals surface area contributed by atoms with Crippen LogP contribution in [0.2, 0.25) is 0 Å². The number of carbonyl (C=O) groups excluding carboxylic acids is 2. The van der Waals surface area contributed by atoms with Crippen LogP contribution >= 0.6 is 0 Å². The van der Waals surface area contributed by atoms with Gasteiger partial charge in [-0.2, -0.15) is 0 Å². The van der Waals surface area contributed by atoms with Crippen LogP contribution < -0.4 is 5.32 Å². The van der Waals surface area contributed by atoms with Gasteiger partial charge in [0.2, 0.25) is 5.91 Å². The van der Waals surface area contributed by atoms with E-state index in [-0.39, 0.29) is 5.91 Å². The molecule has 0 unspecified atom stereocenters. The minimum absolute atomic E-state index is 0.193. The number of benzene rings is 1. The molecule has 1 aromatic carbocycles. The third-order valence-corrected chi connectivity index (χ3v) is 2.53. The summed E-state index contributed by atoms with van der Waals surface area (Å²) in [6.07, 6.45) is 0. The van der Waals surface area contributed by atoms with Gasteiger partial charge < -0.3 is 10.1 Å². The van der Waals surface area contributed by atoms with Crippen molar-refractivity contribution in [2.24, 2.45) is 5.41 Å². The Kier molecular flexibility index (Phi) is 4.48. The first-order valence-corrected chi connectivity index (χ1v) is 5.80. The van der Waals surface area contributed by atoms with E-state index in [0.29, 0.717) is 5.56 Å². The Morgan fingerprint density at radius 3 is 2.17 bits per heavy atom. The van der Waals surface area contributed by atoms with Gasteiger partial charge in [-0.1, -0.05) is 51.1 Å². The van der Waals surface area contributed by atoms with E-state index in [2.05, 4.69) is 5.32 Å². The maximum atomic E-state index is 11.9. The van der Waals surface area contributed by atoms with Crippen molar-refractivity contribution >= 4 is 11.9 Å². The predicted octanol–water partition coefficient (Wildman–Crippen LogP) is 2.06. The van der Waals surface area contributed by atoms with Crippen molar-refractivity contribution < 1.29 is 14.3 Å². The topological polar surface area (TPSA) is 55.4 Å². The van der Waals surface area contributed by atoms with Crippen LogP contribution in [0, 0.1) is 5.41 Å². The molecule has 0 saturated heterocycles. The molecule has 4 heteroatoms. The van der Waals surface area contributed by atoms with Crippen LogP contribution in [-0.4, -0.2) is 19.0 Å². The van der Waals surface area contributed by atoms with Crippen molar-refractivity contribution in [1.29, 1.82) is 0 Å². The van der Waals surface area contributed by atoms with Gasteiger partial charge in [0, 0.05) is 5.41 Å². The molecule has 0 fully saturated rings. The highest BCUT2D eigenvalue weighted by molar-refractivity contribution is 5.88. The van der Waals surface area contributed by atoms with Crippen LogP contribution in [0.15, 0.2) is 30.3 Å². The van der Waals surface area contributed by atoms with Gasteiger partial charge in [0.25, 0.3) is 0 Å². The van der Waals surface area contributed by atoms with Gasteiger partial charge in [-0.25, -0.2) is 4.79 Å². The molecule has 0 heterocycles. The Morgan fingerprint density at radius 1 is 1.17 bits per heavy atom. The molecule has 1 aromatic rings. The van der Waals surface area contributed by atoms with Gasteiger partial charge in [-0.05, 0) is 5.56 Å². The molecule has 0 saturated carbocycles. The van der Waals surface area contributed by atoms with E-state index in [4.69, 9.17) is 4.74 Å². The van der Waals surface area contributed by atoms with Crippen LogP contribution in [-0.2, 0) is 14.3 Å². The molecule has 0 spiro atoms. The number of methoxy groups -OCH3 is 1. The number of amides is 1. The number of nitrogens with one attached hydrogen (secondary N) is 1. The number of esters is 1. The molecule has 0 aliphatic heterocycles. The highest BCUT2D eigenvalue weighted by Crippen LogP contribution is 2.19. The zero-order chi connectivity index (χ0) is 13.8. The van der Waals surface area contributed by atoms with Crippen molar-refractivity contribution in [3.63, 3.8) is 0 Å². The fourth-order valence-corrected chi connectivity index (χ4v) is 1.39. The lowest BCUT2D eigenvalue weighted by Gasteiger charge is -2.23. The minimum Gasteiger partial charge on any atom is -0.467 e. The summed E-state index contributed by atoms with van der Waals surface area (Å²) >= 11 is 0. The second-order valence-electron chi connectivity index (χ2n) is 5.09. The van der Waals surface area contributed by atoms with E-state index >= 15 is 0 Å². The summed E-state index contributed by atoms with van der Waals surface area (Å²) in [4.78, 5) is 23.7. The first-order valence-electron chi connectivity index (χ1n) is 5.80. The molecule has 0 aliphatic rings. The van der Waals surface area contributed by atoms with Gasteiger partial charge in [0.15, 0.2) is 6.04 Å². The summed E-state index contributed by atoms with van der Waals surface area (Å²) < 4.78 is 4.73. The van der Waals surface area contributed by atoms with Gasteiger partial charge in [-0.15, -0.1) is 0 Å². The van der Waals surface area contributed by atoms with Crippen molar-refractivity contribution in [1.82, 2.24) is 5.32 Å². The van der Waals surface area contributed by atoms with Crippen LogP contribution in [0.3, 0.4) is 0 Å². The van der Waals surface area contributed by atoms with Gasteiger partial charge in [0.05, 0.1) is 7.11 Å². The smallest absolute Gasteiger partial charge is 0.333 e. The Labute approximate surface area is 107 Å². The molecule has 0 radical (unpaired) electrons. The monoisotopic (exact) mass is 249 g/mol. The van der Waals surface area contributed by atoms with E-state index in [9.17, 15) is 9.59 Å². The van der Waals surface area contributed by atoms with Gasteiger partial charge in [0.1, 0.15) is 0 Å². The zero-order valence-corrected chi connectivity index (χ0v) is 11.2. The molecule has 1 N–H and O–H groups in total. The molecular formula is C14H19NO3. The minimum atomic E-state index is -0.761. The number of ether oxygens (including phenoxy) is 1. The molecule has 18 heavy (non-hydrogen) atoms. The van der Waals surface area contributed by atoms with E-state index in [1.165, 1.54) is 7.11 Å².